The van der Waals surface area contributed by atoms with Crippen molar-refractivity contribution < 1.29 is 14.3 Å². The van der Waals surface area contributed by atoms with E-state index in [0.29, 0.717) is 16.5 Å². The van der Waals surface area contributed by atoms with Crippen molar-refractivity contribution in [1.29, 1.82) is 0 Å². The number of aryl methyl sites for hydroxylation is 1. The molecule has 3 atom stereocenters. The molecule has 1 saturated heterocycles. The van der Waals surface area contributed by atoms with Crippen LogP contribution in [0.2, 0.25) is 5.02 Å². The molecule has 1 fully saturated rings. The molecule has 172 valence electrons. The van der Waals surface area contributed by atoms with Crippen LogP contribution in [0.5, 0.6) is 11.5 Å². The van der Waals surface area contributed by atoms with Gasteiger partial charge in [-0.3, -0.25) is 10.1 Å². The van der Waals surface area contributed by atoms with E-state index in [0.717, 1.165) is 23.1 Å². The smallest absolute Gasteiger partial charge is 0.211 e. The Morgan fingerprint density at radius 3 is 2.42 bits per heavy atom. The average molecular weight is 465 g/mol. The fraction of sp³-hybridized carbons (Fsp3) is 0.296. The van der Waals surface area contributed by atoms with Crippen LogP contribution >= 0.6 is 11.6 Å². The summed E-state index contributed by atoms with van der Waals surface area (Å²) >= 11 is 6.16. The van der Waals surface area contributed by atoms with E-state index in [4.69, 9.17) is 21.1 Å². The number of amides is 1. The summed E-state index contributed by atoms with van der Waals surface area (Å²) in [7, 11) is 1.63. The first-order valence-electron chi connectivity index (χ1n) is 11.1. The summed E-state index contributed by atoms with van der Waals surface area (Å²) in [6, 6.07) is 21.5. The van der Waals surface area contributed by atoms with E-state index >= 15 is 0 Å². The van der Waals surface area contributed by atoms with Crippen LogP contribution in [-0.4, -0.2) is 24.5 Å². The number of hydrogen-bond acceptors (Lipinski definition) is 4. The first-order valence-corrected chi connectivity index (χ1v) is 11.4. The third kappa shape index (κ3) is 4.85. The van der Waals surface area contributed by atoms with E-state index in [2.05, 4.69) is 30.4 Å². The Morgan fingerprint density at radius 2 is 1.79 bits per heavy atom. The maximum Gasteiger partial charge on any atom is 0.211 e. The second-order valence-electron chi connectivity index (χ2n) is 8.58. The van der Waals surface area contributed by atoms with Crippen LogP contribution in [0.1, 0.15) is 54.4 Å². The third-order valence-electron chi connectivity index (χ3n) is 5.88. The molecule has 1 N–H and O–H groups in total. The molecular formula is C27H29ClN2O3. The number of hydrogen-bond donors (Lipinski definition) is 1. The minimum atomic E-state index is -0.381. The quantitative estimate of drug-likeness (QED) is 0.436. The second kappa shape index (κ2) is 9.86. The zero-order chi connectivity index (χ0) is 23.5. The van der Waals surface area contributed by atoms with Crippen LogP contribution in [-0.2, 0) is 4.79 Å². The van der Waals surface area contributed by atoms with Crippen molar-refractivity contribution >= 4 is 18.0 Å². The first kappa shape index (κ1) is 23.1. The lowest BCUT2D eigenvalue weighted by Gasteiger charge is -2.28. The van der Waals surface area contributed by atoms with Crippen LogP contribution in [0.4, 0.5) is 0 Å². The molecule has 1 amide bonds. The Hall–Kier alpha value is -3.02. The van der Waals surface area contributed by atoms with Gasteiger partial charge >= 0.3 is 0 Å². The number of methoxy groups -OCH3 is 1. The molecule has 1 aliphatic heterocycles. The third-order valence-corrected chi connectivity index (χ3v) is 6.14. The van der Waals surface area contributed by atoms with Gasteiger partial charge in [0.25, 0.3) is 0 Å². The summed E-state index contributed by atoms with van der Waals surface area (Å²) in [6.45, 7) is 6.03. The topological polar surface area (TPSA) is 50.8 Å². The Balaban J connectivity index is 1.83. The van der Waals surface area contributed by atoms with E-state index in [-0.39, 0.29) is 24.4 Å². The van der Waals surface area contributed by atoms with Crippen molar-refractivity contribution in [2.75, 3.05) is 7.11 Å². The summed E-state index contributed by atoms with van der Waals surface area (Å²) in [5.41, 5.74) is 4.17. The number of carbonyl (C=O) groups is 1. The van der Waals surface area contributed by atoms with Gasteiger partial charge in [-0.25, -0.2) is 0 Å². The molecule has 0 radical (unpaired) electrons. The van der Waals surface area contributed by atoms with Gasteiger partial charge in [-0.2, -0.15) is 0 Å². The van der Waals surface area contributed by atoms with E-state index in [9.17, 15) is 4.79 Å². The van der Waals surface area contributed by atoms with Crippen LogP contribution < -0.4 is 14.8 Å². The lowest BCUT2D eigenvalue weighted by atomic mass is 9.93. The van der Waals surface area contributed by atoms with Gasteiger partial charge in [0.1, 0.15) is 17.7 Å². The fourth-order valence-electron chi connectivity index (χ4n) is 4.45. The predicted octanol–water partition coefficient (Wildman–Crippen LogP) is 5.99. The van der Waals surface area contributed by atoms with Crippen molar-refractivity contribution in [3.05, 3.63) is 94.0 Å². The van der Waals surface area contributed by atoms with Crippen LogP contribution in [0.3, 0.4) is 0 Å². The highest BCUT2D eigenvalue weighted by Crippen LogP contribution is 2.47. The van der Waals surface area contributed by atoms with Gasteiger partial charge in [0.15, 0.2) is 0 Å². The largest absolute Gasteiger partial charge is 0.497 e. The predicted molar refractivity (Wildman–Crippen MR) is 131 cm³/mol. The SMILES string of the molecule is COc1ccc(C2NC(c3cccc(C)c3)C(c3ccc(Cl)cc3)N2C=O)c(OC(C)C)c1. The van der Waals surface area contributed by atoms with Gasteiger partial charge in [0, 0.05) is 16.7 Å². The second-order valence-corrected chi connectivity index (χ2v) is 9.02. The number of rotatable bonds is 7. The Morgan fingerprint density at radius 1 is 1.03 bits per heavy atom. The minimum Gasteiger partial charge on any atom is -0.497 e. The molecule has 6 heteroatoms. The van der Waals surface area contributed by atoms with E-state index in [1.54, 1.807) is 7.11 Å². The maximum absolute atomic E-state index is 12.5. The number of carbonyl (C=O) groups excluding carboxylic acids is 1. The molecule has 1 aliphatic rings. The molecule has 0 spiro atoms. The number of halogens is 1. The summed E-state index contributed by atoms with van der Waals surface area (Å²) in [6.07, 6.45) is 0.505. The number of nitrogens with zero attached hydrogens (tertiary/aromatic N) is 1. The van der Waals surface area contributed by atoms with Gasteiger partial charge in [0.2, 0.25) is 6.41 Å². The molecule has 0 bridgehead atoms. The van der Waals surface area contributed by atoms with Crippen molar-refractivity contribution in [3.63, 3.8) is 0 Å². The van der Waals surface area contributed by atoms with Gasteiger partial charge < -0.3 is 14.4 Å². The Bertz CT molecular complexity index is 1120. The van der Waals surface area contributed by atoms with Gasteiger partial charge in [-0.1, -0.05) is 53.6 Å². The highest BCUT2D eigenvalue weighted by molar-refractivity contribution is 6.30. The fourth-order valence-corrected chi connectivity index (χ4v) is 4.57. The molecule has 3 aromatic carbocycles. The molecule has 5 nitrogen and oxygen atoms in total. The lowest BCUT2D eigenvalue weighted by Crippen LogP contribution is -2.28. The molecule has 33 heavy (non-hydrogen) atoms. The lowest BCUT2D eigenvalue weighted by molar-refractivity contribution is -0.121. The Labute approximate surface area is 200 Å². The minimum absolute atomic E-state index is 0.0263. The van der Waals surface area contributed by atoms with Crippen molar-refractivity contribution in [2.45, 2.75) is 45.1 Å². The van der Waals surface area contributed by atoms with Crippen molar-refractivity contribution in [1.82, 2.24) is 10.2 Å². The summed E-state index contributed by atoms with van der Waals surface area (Å²) in [4.78, 5) is 14.4. The average Bonchev–Trinajstić information content (AvgIpc) is 3.18. The molecular weight excluding hydrogens is 436 g/mol. The number of ether oxygens (including phenoxy) is 2. The zero-order valence-electron chi connectivity index (χ0n) is 19.3. The molecule has 3 unspecified atom stereocenters. The normalized spacial score (nSPS) is 20.2. The van der Waals surface area contributed by atoms with E-state index in [1.807, 2.05) is 67.3 Å². The highest BCUT2D eigenvalue weighted by atomic mass is 35.5. The molecule has 0 aromatic heterocycles. The molecule has 4 rings (SSSR count). The number of benzene rings is 3. The zero-order valence-corrected chi connectivity index (χ0v) is 20.0. The standard InChI is InChI=1S/C27H29ClN2O3/c1-17(2)33-24-15-22(32-4)12-13-23(24)27-29-25(20-7-5-6-18(3)14-20)26(30(27)16-31)19-8-10-21(28)11-9-19/h5-17,25-27,29H,1-4H3. The maximum atomic E-state index is 12.5. The van der Waals surface area contributed by atoms with E-state index in [1.165, 1.54) is 5.56 Å². The van der Waals surface area contributed by atoms with Gasteiger partial charge in [-0.05, 0) is 56.2 Å². The molecule has 0 aliphatic carbocycles. The molecule has 0 saturated carbocycles. The Kier molecular flexibility index (Phi) is 6.91. The number of nitrogens with one attached hydrogen (secondary N) is 1. The summed E-state index contributed by atoms with van der Waals surface area (Å²) in [5.74, 6) is 1.39. The highest BCUT2D eigenvalue weighted by Gasteiger charge is 2.43. The van der Waals surface area contributed by atoms with E-state index < -0.39 is 0 Å². The summed E-state index contributed by atoms with van der Waals surface area (Å²) < 4.78 is 11.5. The van der Waals surface area contributed by atoms with Crippen LogP contribution in [0.25, 0.3) is 0 Å². The van der Waals surface area contributed by atoms with Crippen molar-refractivity contribution in [3.8, 4) is 11.5 Å². The monoisotopic (exact) mass is 464 g/mol. The van der Waals surface area contributed by atoms with Crippen LogP contribution in [0, 0.1) is 6.92 Å². The molecule has 3 aromatic rings. The summed E-state index contributed by atoms with van der Waals surface area (Å²) in [5, 5.41) is 4.37. The van der Waals surface area contributed by atoms with Gasteiger partial charge in [0.05, 0.1) is 25.3 Å². The van der Waals surface area contributed by atoms with Crippen LogP contribution in [0.15, 0.2) is 66.7 Å². The van der Waals surface area contributed by atoms with Crippen molar-refractivity contribution in [2.24, 2.45) is 0 Å². The molecule has 1 heterocycles. The van der Waals surface area contributed by atoms with Gasteiger partial charge in [-0.15, -0.1) is 0 Å². The first-order chi connectivity index (χ1) is 15.9.